The largest absolute Gasteiger partial charge is 0.497 e. The number of hydrogen-bond acceptors (Lipinski definition) is 4. The Bertz CT molecular complexity index is 718. The fraction of sp³-hybridized carbons (Fsp3) is 0.278. The van der Waals surface area contributed by atoms with E-state index in [0.29, 0.717) is 29.3 Å². The van der Waals surface area contributed by atoms with E-state index in [0.717, 1.165) is 17.1 Å². The van der Waals surface area contributed by atoms with E-state index in [1.54, 1.807) is 32.4 Å². The fourth-order valence-corrected chi connectivity index (χ4v) is 2.51. The number of rotatable bonds is 7. The quantitative estimate of drug-likeness (QED) is 0.833. The molecule has 0 heterocycles. The van der Waals surface area contributed by atoms with Gasteiger partial charge in [0.25, 0.3) is 5.91 Å². The lowest BCUT2D eigenvalue weighted by molar-refractivity contribution is 0.0951. The molecule has 0 fully saturated rings. The van der Waals surface area contributed by atoms with Crippen LogP contribution >= 0.6 is 11.6 Å². The van der Waals surface area contributed by atoms with Crippen LogP contribution in [-0.4, -0.2) is 33.8 Å². The number of halogens is 1. The first kappa shape index (κ1) is 17.9. The summed E-state index contributed by atoms with van der Waals surface area (Å²) in [5.41, 5.74) is 1.36. The summed E-state index contributed by atoms with van der Waals surface area (Å²) in [6, 6.07) is 10.5. The highest BCUT2D eigenvalue weighted by Gasteiger charge is 2.13. The Morgan fingerprint density at radius 1 is 1.00 bits per heavy atom. The molecule has 6 heteroatoms. The first-order chi connectivity index (χ1) is 11.6. The summed E-state index contributed by atoms with van der Waals surface area (Å²) in [5.74, 6) is 1.74. The van der Waals surface area contributed by atoms with Gasteiger partial charge in [0.1, 0.15) is 17.2 Å². The summed E-state index contributed by atoms with van der Waals surface area (Å²) in [4.78, 5) is 12.3. The Kier molecular flexibility index (Phi) is 6.32. The summed E-state index contributed by atoms with van der Waals surface area (Å²) < 4.78 is 15.8. The number of nitrogens with one attached hydrogen (secondary N) is 1. The van der Waals surface area contributed by atoms with Crippen LogP contribution in [0, 0.1) is 0 Å². The van der Waals surface area contributed by atoms with Gasteiger partial charge in [-0.15, -0.1) is 0 Å². The Balaban J connectivity index is 2.04. The monoisotopic (exact) mass is 349 g/mol. The van der Waals surface area contributed by atoms with E-state index in [9.17, 15) is 4.79 Å². The molecular weight excluding hydrogens is 330 g/mol. The van der Waals surface area contributed by atoms with E-state index in [4.69, 9.17) is 25.8 Å². The first-order valence-corrected chi connectivity index (χ1v) is 7.79. The number of methoxy groups -OCH3 is 3. The smallest absolute Gasteiger partial charge is 0.255 e. The van der Waals surface area contributed by atoms with Crippen molar-refractivity contribution in [2.24, 2.45) is 0 Å². The third kappa shape index (κ3) is 4.32. The summed E-state index contributed by atoms with van der Waals surface area (Å²) in [7, 11) is 4.74. The molecule has 0 bridgehead atoms. The van der Waals surface area contributed by atoms with E-state index >= 15 is 0 Å². The molecule has 0 atom stereocenters. The van der Waals surface area contributed by atoms with Crippen molar-refractivity contribution in [3.05, 3.63) is 52.5 Å². The van der Waals surface area contributed by atoms with Crippen molar-refractivity contribution >= 4 is 17.5 Å². The molecule has 0 spiro atoms. The molecule has 0 aliphatic carbocycles. The molecule has 0 radical (unpaired) electrons. The molecule has 24 heavy (non-hydrogen) atoms. The first-order valence-electron chi connectivity index (χ1n) is 7.41. The highest BCUT2D eigenvalue weighted by Crippen LogP contribution is 2.25. The van der Waals surface area contributed by atoms with Crippen LogP contribution in [0.25, 0.3) is 0 Å². The van der Waals surface area contributed by atoms with E-state index in [1.807, 2.05) is 18.2 Å². The minimum atomic E-state index is -0.240. The molecule has 128 valence electrons. The van der Waals surface area contributed by atoms with Gasteiger partial charge < -0.3 is 19.5 Å². The fourth-order valence-electron chi connectivity index (χ4n) is 2.34. The van der Waals surface area contributed by atoms with Crippen molar-refractivity contribution in [1.82, 2.24) is 5.32 Å². The van der Waals surface area contributed by atoms with Gasteiger partial charge in [-0.3, -0.25) is 4.79 Å². The molecule has 1 amide bonds. The summed E-state index contributed by atoms with van der Waals surface area (Å²) >= 11 is 5.95. The number of hydrogen-bond donors (Lipinski definition) is 1. The normalized spacial score (nSPS) is 10.2. The summed E-state index contributed by atoms with van der Waals surface area (Å²) in [6.45, 7) is 0.442. The molecule has 2 rings (SSSR count). The second kappa shape index (κ2) is 8.45. The molecule has 2 aromatic rings. The highest BCUT2D eigenvalue weighted by molar-refractivity contribution is 6.31. The Morgan fingerprint density at radius 2 is 1.71 bits per heavy atom. The summed E-state index contributed by atoms with van der Waals surface area (Å²) in [5, 5.41) is 3.35. The molecule has 0 aliphatic rings. The second-order valence-electron chi connectivity index (χ2n) is 5.03. The van der Waals surface area contributed by atoms with Gasteiger partial charge in [0.15, 0.2) is 0 Å². The zero-order valence-corrected chi connectivity index (χ0v) is 14.6. The maximum Gasteiger partial charge on any atom is 0.255 e. The average molecular weight is 350 g/mol. The molecular formula is C18H20ClNO4. The topological polar surface area (TPSA) is 56.8 Å². The highest BCUT2D eigenvalue weighted by atomic mass is 35.5. The molecule has 0 saturated carbocycles. The summed E-state index contributed by atoms with van der Waals surface area (Å²) in [6.07, 6.45) is 0.606. The Morgan fingerprint density at radius 3 is 2.38 bits per heavy atom. The van der Waals surface area contributed by atoms with Crippen LogP contribution in [0.4, 0.5) is 0 Å². The van der Waals surface area contributed by atoms with Crippen molar-refractivity contribution < 1.29 is 19.0 Å². The Labute approximate surface area is 146 Å². The maximum atomic E-state index is 12.3. The van der Waals surface area contributed by atoms with Crippen molar-refractivity contribution in [1.29, 1.82) is 0 Å². The zero-order chi connectivity index (χ0) is 17.5. The van der Waals surface area contributed by atoms with E-state index in [-0.39, 0.29) is 5.91 Å². The lowest BCUT2D eigenvalue weighted by Gasteiger charge is -2.12. The molecule has 5 nitrogen and oxygen atoms in total. The van der Waals surface area contributed by atoms with Crippen LogP contribution in [-0.2, 0) is 6.42 Å². The van der Waals surface area contributed by atoms with Gasteiger partial charge in [-0.1, -0.05) is 11.6 Å². The zero-order valence-electron chi connectivity index (χ0n) is 13.9. The second-order valence-corrected chi connectivity index (χ2v) is 5.46. The van der Waals surface area contributed by atoms with Gasteiger partial charge in [-0.2, -0.15) is 0 Å². The van der Waals surface area contributed by atoms with Gasteiger partial charge in [0, 0.05) is 11.6 Å². The molecule has 0 aromatic heterocycles. The molecule has 0 aliphatic heterocycles. The third-order valence-electron chi connectivity index (χ3n) is 3.57. The van der Waals surface area contributed by atoms with Crippen LogP contribution in [0.5, 0.6) is 17.2 Å². The molecule has 2 aromatic carbocycles. The van der Waals surface area contributed by atoms with Gasteiger partial charge in [0.05, 0.1) is 26.9 Å². The van der Waals surface area contributed by atoms with Crippen LogP contribution in [0.3, 0.4) is 0 Å². The minimum Gasteiger partial charge on any atom is -0.497 e. The molecule has 0 saturated heterocycles. The van der Waals surface area contributed by atoms with Crippen molar-refractivity contribution in [2.45, 2.75) is 6.42 Å². The van der Waals surface area contributed by atoms with Crippen LogP contribution in [0.2, 0.25) is 5.02 Å². The number of benzene rings is 2. The Hall–Kier alpha value is -2.40. The predicted molar refractivity (Wildman–Crippen MR) is 93.6 cm³/mol. The van der Waals surface area contributed by atoms with Gasteiger partial charge in [0.2, 0.25) is 0 Å². The predicted octanol–water partition coefficient (Wildman–Crippen LogP) is 3.34. The number of carbonyl (C=O) groups excluding carboxylic acids is 1. The van der Waals surface area contributed by atoms with Gasteiger partial charge in [-0.25, -0.2) is 0 Å². The number of amides is 1. The maximum absolute atomic E-state index is 12.3. The van der Waals surface area contributed by atoms with Crippen molar-refractivity contribution in [3.8, 4) is 17.2 Å². The molecule has 0 unspecified atom stereocenters. The van der Waals surface area contributed by atoms with Crippen LogP contribution in [0.15, 0.2) is 36.4 Å². The van der Waals surface area contributed by atoms with Crippen molar-refractivity contribution in [3.63, 3.8) is 0 Å². The lowest BCUT2D eigenvalue weighted by Crippen LogP contribution is -2.26. The standard InChI is InChI=1S/C18H20ClNO4/c1-22-14-5-7-16(23-2)12(10-14)8-9-20-18(21)15-11-13(19)4-6-17(15)24-3/h4-7,10-11H,8-9H2,1-3H3,(H,20,21). The van der Waals surface area contributed by atoms with Gasteiger partial charge >= 0.3 is 0 Å². The van der Waals surface area contributed by atoms with E-state index in [2.05, 4.69) is 5.32 Å². The van der Waals surface area contributed by atoms with E-state index < -0.39 is 0 Å². The minimum absolute atomic E-state index is 0.240. The van der Waals surface area contributed by atoms with E-state index in [1.165, 1.54) is 7.11 Å². The van der Waals surface area contributed by atoms with Crippen molar-refractivity contribution in [2.75, 3.05) is 27.9 Å². The molecule has 1 N–H and O–H groups in total. The third-order valence-corrected chi connectivity index (χ3v) is 3.81. The van der Waals surface area contributed by atoms with Crippen LogP contribution in [0.1, 0.15) is 15.9 Å². The lowest BCUT2D eigenvalue weighted by atomic mass is 10.1. The van der Waals surface area contributed by atoms with Gasteiger partial charge in [-0.05, 0) is 48.4 Å². The SMILES string of the molecule is COc1ccc(OC)c(CCNC(=O)c2cc(Cl)ccc2OC)c1. The number of ether oxygens (including phenoxy) is 3. The van der Waals surface area contributed by atoms with Crippen LogP contribution < -0.4 is 19.5 Å². The average Bonchev–Trinajstić information content (AvgIpc) is 2.61. The number of carbonyl (C=O) groups is 1.